The van der Waals surface area contributed by atoms with Gasteiger partial charge in [-0.3, -0.25) is 4.79 Å². The van der Waals surface area contributed by atoms with Crippen molar-refractivity contribution < 1.29 is 4.79 Å². The Balaban J connectivity index is 2.21. The Labute approximate surface area is 124 Å². The van der Waals surface area contributed by atoms with Crippen LogP contribution in [0.5, 0.6) is 0 Å². The maximum absolute atomic E-state index is 12.2. The molecule has 0 radical (unpaired) electrons. The number of aryl methyl sites for hydroxylation is 1. The summed E-state index contributed by atoms with van der Waals surface area (Å²) >= 11 is 5.87. The van der Waals surface area contributed by atoms with E-state index in [0.29, 0.717) is 16.6 Å². The van der Waals surface area contributed by atoms with Crippen LogP contribution >= 0.6 is 11.6 Å². The highest BCUT2D eigenvalue weighted by Gasteiger charge is 2.09. The van der Waals surface area contributed by atoms with E-state index in [2.05, 4.69) is 24.1 Å². The second-order valence-corrected chi connectivity index (χ2v) is 5.44. The van der Waals surface area contributed by atoms with E-state index < -0.39 is 0 Å². The molecule has 1 heterocycles. The van der Waals surface area contributed by atoms with Crippen molar-refractivity contribution in [2.24, 2.45) is 0 Å². The van der Waals surface area contributed by atoms with Gasteiger partial charge >= 0.3 is 0 Å². The summed E-state index contributed by atoms with van der Waals surface area (Å²) in [6.45, 7) is 6.04. The fourth-order valence-electron chi connectivity index (χ4n) is 1.94. The molecule has 20 heavy (non-hydrogen) atoms. The van der Waals surface area contributed by atoms with Crippen LogP contribution in [0.1, 0.15) is 41.4 Å². The normalized spacial score (nSPS) is 10.7. The summed E-state index contributed by atoms with van der Waals surface area (Å²) in [5.74, 6) is 0.239. The lowest BCUT2D eigenvalue weighted by Gasteiger charge is -2.10. The number of hydrogen-bond donors (Lipinski definition) is 1. The van der Waals surface area contributed by atoms with Gasteiger partial charge in [-0.2, -0.15) is 0 Å². The molecule has 1 N–H and O–H groups in total. The van der Waals surface area contributed by atoms with Crippen molar-refractivity contribution in [2.75, 3.05) is 5.32 Å². The zero-order chi connectivity index (χ0) is 14.7. The van der Waals surface area contributed by atoms with E-state index in [9.17, 15) is 4.79 Å². The molecule has 0 spiro atoms. The second-order valence-electron chi connectivity index (χ2n) is 5.05. The molecule has 1 amide bonds. The van der Waals surface area contributed by atoms with Crippen LogP contribution in [-0.2, 0) is 0 Å². The van der Waals surface area contributed by atoms with Gasteiger partial charge in [0.25, 0.3) is 5.91 Å². The molecule has 4 heteroatoms. The topological polar surface area (TPSA) is 42.0 Å². The van der Waals surface area contributed by atoms with E-state index in [1.54, 1.807) is 12.1 Å². The molecule has 0 aliphatic heterocycles. The minimum Gasteiger partial charge on any atom is -0.322 e. The largest absolute Gasteiger partial charge is 0.322 e. The first-order chi connectivity index (χ1) is 9.45. The number of nitrogens with zero attached hydrogens (tertiary/aromatic N) is 1. The molecule has 0 atom stereocenters. The fraction of sp³-hybridized carbons (Fsp3) is 0.250. The minimum atomic E-state index is -0.182. The average molecular weight is 289 g/mol. The number of pyridine rings is 1. The SMILES string of the molecule is Cc1cc(C(=O)Nc2cccc(C(C)C)c2)cc(Cl)n1. The zero-order valence-corrected chi connectivity index (χ0v) is 12.5. The van der Waals surface area contributed by atoms with Gasteiger partial charge in [0.2, 0.25) is 0 Å². The van der Waals surface area contributed by atoms with Crippen molar-refractivity contribution in [2.45, 2.75) is 26.7 Å². The molecule has 104 valence electrons. The first-order valence-electron chi connectivity index (χ1n) is 6.51. The van der Waals surface area contributed by atoms with E-state index in [1.165, 1.54) is 5.56 Å². The van der Waals surface area contributed by atoms with Crippen LogP contribution in [0.3, 0.4) is 0 Å². The number of aromatic nitrogens is 1. The van der Waals surface area contributed by atoms with Crippen LogP contribution in [0.25, 0.3) is 0 Å². The third kappa shape index (κ3) is 3.58. The number of anilines is 1. The van der Waals surface area contributed by atoms with Crippen LogP contribution < -0.4 is 5.32 Å². The predicted molar refractivity (Wildman–Crippen MR) is 82.5 cm³/mol. The Hall–Kier alpha value is -1.87. The van der Waals surface area contributed by atoms with E-state index in [1.807, 2.05) is 31.2 Å². The lowest BCUT2D eigenvalue weighted by molar-refractivity contribution is 0.102. The van der Waals surface area contributed by atoms with E-state index in [0.717, 1.165) is 11.4 Å². The van der Waals surface area contributed by atoms with Crippen LogP contribution in [0.4, 0.5) is 5.69 Å². The Morgan fingerprint density at radius 3 is 2.65 bits per heavy atom. The molecule has 0 bridgehead atoms. The standard InChI is InChI=1S/C16H17ClN2O/c1-10(2)12-5-4-6-14(8-12)19-16(20)13-7-11(3)18-15(17)9-13/h4-10H,1-3H3,(H,19,20). The Bertz CT molecular complexity index is 618. The molecule has 1 aromatic heterocycles. The Morgan fingerprint density at radius 1 is 1.25 bits per heavy atom. The van der Waals surface area contributed by atoms with Crippen molar-refractivity contribution in [3.05, 3.63) is 58.4 Å². The maximum atomic E-state index is 12.2. The highest BCUT2D eigenvalue weighted by molar-refractivity contribution is 6.29. The molecule has 0 aliphatic rings. The number of halogens is 1. The van der Waals surface area contributed by atoms with Gasteiger partial charge in [0.1, 0.15) is 5.15 Å². The van der Waals surface area contributed by atoms with E-state index in [-0.39, 0.29) is 5.91 Å². The molecular formula is C16H17ClN2O. The van der Waals surface area contributed by atoms with Gasteiger partial charge in [0, 0.05) is 16.9 Å². The van der Waals surface area contributed by atoms with E-state index >= 15 is 0 Å². The van der Waals surface area contributed by atoms with Gasteiger partial charge in [0.05, 0.1) is 0 Å². The van der Waals surface area contributed by atoms with Gasteiger partial charge in [-0.15, -0.1) is 0 Å². The van der Waals surface area contributed by atoms with Crippen LogP contribution in [0.15, 0.2) is 36.4 Å². The third-order valence-electron chi connectivity index (χ3n) is 3.00. The number of hydrogen-bond acceptors (Lipinski definition) is 2. The van der Waals surface area contributed by atoms with Gasteiger partial charge < -0.3 is 5.32 Å². The molecule has 0 fully saturated rings. The lowest BCUT2D eigenvalue weighted by Crippen LogP contribution is -2.12. The Morgan fingerprint density at radius 2 is 2.00 bits per heavy atom. The van der Waals surface area contributed by atoms with Crippen molar-refractivity contribution in [3.63, 3.8) is 0 Å². The summed E-state index contributed by atoms with van der Waals surface area (Å²) in [6.07, 6.45) is 0. The van der Waals surface area contributed by atoms with Gasteiger partial charge in [-0.1, -0.05) is 37.6 Å². The number of amides is 1. The number of rotatable bonds is 3. The monoisotopic (exact) mass is 288 g/mol. The maximum Gasteiger partial charge on any atom is 0.255 e. The van der Waals surface area contributed by atoms with Crippen molar-refractivity contribution >= 4 is 23.2 Å². The third-order valence-corrected chi connectivity index (χ3v) is 3.19. The molecular weight excluding hydrogens is 272 g/mol. The first kappa shape index (κ1) is 14.5. The fourth-order valence-corrected chi connectivity index (χ4v) is 2.19. The molecule has 0 unspecified atom stereocenters. The van der Waals surface area contributed by atoms with Crippen molar-refractivity contribution in [1.82, 2.24) is 4.98 Å². The van der Waals surface area contributed by atoms with Gasteiger partial charge in [-0.05, 0) is 42.7 Å². The smallest absolute Gasteiger partial charge is 0.255 e. The van der Waals surface area contributed by atoms with Crippen LogP contribution in [0, 0.1) is 6.92 Å². The second kappa shape index (κ2) is 6.06. The molecule has 0 aliphatic carbocycles. The van der Waals surface area contributed by atoms with Gasteiger partial charge in [0.15, 0.2) is 0 Å². The zero-order valence-electron chi connectivity index (χ0n) is 11.8. The van der Waals surface area contributed by atoms with Gasteiger partial charge in [-0.25, -0.2) is 4.98 Å². The summed E-state index contributed by atoms with van der Waals surface area (Å²) < 4.78 is 0. The average Bonchev–Trinajstić information content (AvgIpc) is 2.37. The lowest BCUT2D eigenvalue weighted by atomic mass is 10.0. The Kier molecular flexibility index (Phi) is 4.40. The molecule has 3 nitrogen and oxygen atoms in total. The molecule has 0 saturated carbocycles. The molecule has 2 aromatic rings. The number of nitrogens with one attached hydrogen (secondary N) is 1. The first-order valence-corrected chi connectivity index (χ1v) is 6.89. The quantitative estimate of drug-likeness (QED) is 0.850. The summed E-state index contributed by atoms with van der Waals surface area (Å²) in [5.41, 5.74) is 3.20. The summed E-state index contributed by atoms with van der Waals surface area (Å²) in [7, 11) is 0. The highest BCUT2D eigenvalue weighted by atomic mass is 35.5. The minimum absolute atomic E-state index is 0.182. The molecule has 1 aromatic carbocycles. The van der Waals surface area contributed by atoms with Crippen LogP contribution in [0.2, 0.25) is 5.15 Å². The molecule has 0 saturated heterocycles. The number of carbonyl (C=O) groups is 1. The summed E-state index contributed by atoms with van der Waals surface area (Å²) in [4.78, 5) is 16.2. The summed E-state index contributed by atoms with van der Waals surface area (Å²) in [5, 5.41) is 3.21. The predicted octanol–water partition coefficient (Wildman–Crippen LogP) is 4.42. The van der Waals surface area contributed by atoms with Crippen molar-refractivity contribution in [1.29, 1.82) is 0 Å². The molecule has 2 rings (SSSR count). The van der Waals surface area contributed by atoms with Crippen LogP contribution in [-0.4, -0.2) is 10.9 Å². The number of carbonyl (C=O) groups excluding carboxylic acids is 1. The van der Waals surface area contributed by atoms with E-state index in [4.69, 9.17) is 11.6 Å². The number of benzene rings is 1. The van der Waals surface area contributed by atoms with Crippen molar-refractivity contribution in [3.8, 4) is 0 Å². The summed E-state index contributed by atoms with van der Waals surface area (Å²) in [6, 6.07) is 11.1. The highest BCUT2D eigenvalue weighted by Crippen LogP contribution is 2.19.